The minimum Gasteiger partial charge on any atom is -0.343 e. The van der Waals surface area contributed by atoms with Crippen LogP contribution in [0.2, 0.25) is 0 Å². The van der Waals surface area contributed by atoms with E-state index in [4.69, 9.17) is 0 Å². The van der Waals surface area contributed by atoms with Gasteiger partial charge in [-0.3, -0.25) is 9.59 Å². The summed E-state index contributed by atoms with van der Waals surface area (Å²) < 4.78 is 3.06. The number of hydrogen-bond donors (Lipinski definition) is 1. The molecule has 3 rings (SSSR count). The molecule has 1 aromatic carbocycles. The number of halogens is 1. The number of carbonyl (C=O) groups is 2. The van der Waals surface area contributed by atoms with Gasteiger partial charge in [-0.2, -0.15) is 0 Å². The third kappa shape index (κ3) is 3.79. The van der Waals surface area contributed by atoms with Crippen LogP contribution in [0.4, 0.5) is 0 Å². The largest absolute Gasteiger partial charge is 0.343 e. The van der Waals surface area contributed by atoms with Crippen LogP contribution in [0.1, 0.15) is 34.6 Å². The third-order valence-electron chi connectivity index (χ3n) is 4.62. The Labute approximate surface area is 156 Å². The molecular weight excluding hydrogens is 382 g/mol. The van der Waals surface area contributed by atoms with Gasteiger partial charge in [0.25, 0.3) is 5.91 Å². The summed E-state index contributed by atoms with van der Waals surface area (Å²) in [7, 11) is 0. The molecular formula is C19H22BrN3O2. The summed E-state index contributed by atoms with van der Waals surface area (Å²) >= 11 is 3.44. The van der Waals surface area contributed by atoms with Crippen LogP contribution < -0.4 is 5.32 Å². The van der Waals surface area contributed by atoms with E-state index in [1.807, 2.05) is 53.6 Å². The van der Waals surface area contributed by atoms with E-state index < -0.39 is 0 Å². The molecule has 1 aliphatic rings. The normalized spacial score (nSPS) is 14.0. The summed E-state index contributed by atoms with van der Waals surface area (Å²) in [6.07, 6.45) is 2.10. The van der Waals surface area contributed by atoms with Crippen LogP contribution in [0.15, 0.2) is 34.8 Å². The molecule has 0 saturated carbocycles. The average molecular weight is 404 g/mol. The third-order valence-corrected chi connectivity index (χ3v) is 5.15. The molecule has 132 valence electrons. The molecule has 1 saturated heterocycles. The van der Waals surface area contributed by atoms with Crippen molar-refractivity contribution in [1.82, 2.24) is 14.8 Å². The van der Waals surface area contributed by atoms with Crippen LogP contribution in [0.3, 0.4) is 0 Å². The molecule has 0 spiro atoms. The number of amides is 2. The van der Waals surface area contributed by atoms with Crippen molar-refractivity contribution in [3.05, 3.63) is 51.8 Å². The first-order valence-corrected chi connectivity index (χ1v) is 9.27. The number of nitrogens with zero attached hydrogens (tertiary/aromatic N) is 2. The van der Waals surface area contributed by atoms with Crippen molar-refractivity contribution in [3.8, 4) is 5.69 Å². The molecule has 0 bridgehead atoms. The quantitative estimate of drug-likeness (QED) is 0.851. The summed E-state index contributed by atoms with van der Waals surface area (Å²) in [5, 5.41) is 2.77. The van der Waals surface area contributed by atoms with E-state index in [2.05, 4.69) is 21.2 Å². The Balaban J connectivity index is 1.74. The molecule has 6 heteroatoms. The summed E-state index contributed by atoms with van der Waals surface area (Å²) in [5.74, 6) is -0.212. The monoisotopic (exact) mass is 403 g/mol. The molecule has 2 amide bonds. The minimum absolute atomic E-state index is 0.00688. The Bertz CT molecular complexity index is 790. The molecule has 0 aliphatic carbocycles. The lowest BCUT2D eigenvalue weighted by atomic mass is 10.2. The SMILES string of the molecule is Cc1cc(C(=O)NCC(=O)N2CCCC2)c(C)n1-c1ccc(Br)cc1. The maximum atomic E-state index is 12.5. The van der Waals surface area contributed by atoms with Gasteiger partial charge in [0.2, 0.25) is 5.91 Å². The van der Waals surface area contributed by atoms with Crippen molar-refractivity contribution in [1.29, 1.82) is 0 Å². The highest BCUT2D eigenvalue weighted by atomic mass is 79.9. The van der Waals surface area contributed by atoms with Crippen molar-refractivity contribution < 1.29 is 9.59 Å². The second kappa shape index (κ2) is 7.44. The highest BCUT2D eigenvalue weighted by molar-refractivity contribution is 9.10. The Hall–Kier alpha value is -2.08. The van der Waals surface area contributed by atoms with E-state index in [0.717, 1.165) is 47.5 Å². The Kier molecular flexibility index (Phi) is 5.27. The van der Waals surface area contributed by atoms with E-state index in [1.165, 1.54) is 0 Å². The first kappa shape index (κ1) is 17.7. The number of carbonyl (C=O) groups excluding carboxylic acids is 2. The Morgan fingerprint density at radius 3 is 2.40 bits per heavy atom. The van der Waals surface area contributed by atoms with Crippen molar-refractivity contribution in [2.24, 2.45) is 0 Å². The highest BCUT2D eigenvalue weighted by Gasteiger charge is 2.20. The molecule has 1 fully saturated rings. The van der Waals surface area contributed by atoms with Gasteiger partial charge in [-0.1, -0.05) is 15.9 Å². The van der Waals surface area contributed by atoms with Gasteiger partial charge in [0, 0.05) is 34.6 Å². The molecule has 1 N–H and O–H groups in total. The van der Waals surface area contributed by atoms with Gasteiger partial charge in [-0.15, -0.1) is 0 Å². The van der Waals surface area contributed by atoms with Gasteiger partial charge in [-0.25, -0.2) is 0 Å². The first-order chi connectivity index (χ1) is 12.0. The molecule has 2 heterocycles. The maximum absolute atomic E-state index is 12.5. The first-order valence-electron chi connectivity index (χ1n) is 8.48. The van der Waals surface area contributed by atoms with Gasteiger partial charge in [0.15, 0.2) is 0 Å². The number of hydrogen-bond acceptors (Lipinski definition) is 2. The van der Waals surface area contributed by atoms with Crippen LogP contribution in [-0.2, 0) is 4.79 Å². The smallest absolute Gasteiger partial charge is 0.253 e. The molecule has 1 aliphatic heterocycles. The van der Waals surface area contributed by atoms with E-state index in [9.17, 15) is 9.59 Å². The van der Waals surface area contributed by atoms with Crippen molar-refractivity contribution >= 4 is 27.7 Å². The molecule has 25 heavy (non-hydrogen) atoms. The lowest BCUT2D eigenvalue weighted by molar-refractivity contribution is -0.129. The molecule has 1 aromatic heterocycles. The molecule has 0 unspecified atom stereocenters. The fraction of sp³-hybridized carbons (Fsp3) is 0.368. The fourth-order valence-electron chi connectivity index (χ4n) is 3.31. The van der Waals surface area contributed by atoms with Crippen LogP contribution in [0.5, 0.6) is 0 Å². The predicted molar refractivity (Wildman–Crippen MR) is 101 cm³/mol. The molecule has 5 nitrogen and oxygen atoms in total. The van der Waals surface area contributed by atoms with E-state index >= 15 is 0 Å². The predicted octanol–water partition coefficient (Wildman–Crippen LogP) is 3.21. The number of likely N-dealkylation sites (tertiary alicyclic amines) is 1. The summed E-state index contributed by atoms with van der Waals surface area (Å²) in [6, 6.07) is 9.82. The molecule has 0 atom stereocenters. The summed E-state index contributed by atoms with van der Waals surface area (Å²) in [6.45, 7) is 5.55. The van der Waals surface area contributed by atoms with Gasteiger partial charge in [0.1, 0.15) is 0 Å². The van der Waals surface area contributed by atoms with Crippen molar-refractivity contribution in [2.75, 3.05) is 19.6 Å². The zero-order chi connectivity index (χ0) is 18.0. The standard InChI is InChI=1S/C19H22BrN3O2/c1-13-11-17(14(2)23(13)16-7-5-15(20)6-8-16)19(25)21-12-18(24)22-9-3-4-10-22/h5-8,11H,3-4,9-10,12H2,1-2H3,(H,21,25). The molecule has 0 radical (unpaired) electrons. The van der Waals surface area contributed by atoms with Crippen molar-refractivity contribution in [2.45, 2.75) is 26.7 Å². The van der Waals surface area contributed by atoms with Crippen LogP contribution in [0, 0.1) is 13.8 Å². The van der Waals surface area contributed by atoms with Crippen molar-refractivity contribution in [3.63, 3.8) is 0 Å². The average Bonchev–Trinajstić information content (AvgIpc) is 3.22. The zero-order valence-corrected chi connectivity index (χ0v) is 16.1. The van der Waals surface area contributed by atoms with E-state index in [-0.39, 0.29) is 18.4 Å². The van der Waals surface area contributed by atoms with Gasteiger partial charge < -0.3 is 14.8 Å². The number of nitrogens with one attached hydrogen (secondary N) is 1. The van der Waals surface area contributed by atoms with E-state index in [1.54, 1.807) is 0 Å². The minimum atomic E-state index is -0.205. The highest BCUT2D eigenvalue weighted by Crippen LogP contribution is 2.22. The van der Waals surface area contributed by atoms with Crippen LogP contribution >= 0.6 is 15.9 Å². The summed E-state index contributed by atoms with van der Waals surface area (Å²) in [4.78, 5) is 26.4. The van der Waals surface area contributed by atoms with E-state index in [0.29, 0.717) is 5.56 Å². The number of aryl methyl sites for hydroxylation is 1. The Morgan fingerprint density at radius 1 is 1.12 bits per heavy atom. The lowest BCUT2D eigenvalue weighted by Crippen LogP contribution is -2.38. The Morgan fingerprint density at radius 2 is 1.76 bits per heavy atom. The second-order valence-corrected chi connectivity index (χ2v) is 7.28. The van der Waals surface area contributed by atoms with Crippen LogP contribution in [-0.4, -0.2) is 40.9 Å². The van der Waals surface area contributed by atoms with Crippen LogP contribution in [0.25, 0.3) is 5.69 Å². The fourth-order valence-corrected chi connectivity index (χ4v) is 3.57. The van der Waals surface area contributed by atoms with Gasteiger partial charge in [0.05, 0.1) is 12.1 Å². The number of benzene rings is 1. The summed E-state index contributed by atoms with van der Waals surface area (Å²) in [5.41, 5.74) is 3.46. The zero-order valence-electron chi connectivity index (χ0n) is 14.5. The second-order valence-electron chi connectivity index (χ2n) is 6.37. The number of rotatable bonds is 4. The maximum Gasteiger partial charge on any atom is 0.253 e. The molecule has 2 aromatic rings. The number of aromatic nitrogens is 1. The lowest BCUT2D eigenvalue weighted by Gasteiger charge is -2.15. The van der Waals surface area contributed by atoms with Gasteiger partial charge in [-0.05, 0) is 57.0 Å². The van der Waals surface area contributed by atoms with Gasteiger partial charge >= 0.3 is 0 Å². The topological polar surface area (TPSA) is 54.3 Å².